The van der Waals surface area contributed by atoms with E-state index in [9.17, 15) is 4.79 Å². The van der Waals surface area contributed by atoms with E-state index in [0.29, 0.717) is 15.9 Å². The fourth-order valence-electron chi connectivity index (χ4n) is 2.12. The minimum Gasteiger partial charge on any atom is -0.375 e. The van der Waals surface area contributed by atoms with Gasteiger partial charge in [0, 0.05) is 13.6 Å². The van der Waals surface area contributed by atoms with Crippen LogP contribution in [-0.2, 0) is 0 Å². The van der Waals surface area contributed by atoms with Crippen LogP contribution in [0, 0.1) is 5.92 Å². The van der Waals surface area contributed by atoms with Crippen LogP contribution < -0.4 is 11.1 Å². The van der Waals surface area contributed by atoms with Gasteiger partial charge < -0.3 is 16.0 Å². The first-order valence-corrected chi connectivity index (χ1v) is 6.66. The van der Waals surface area contributed by atoms with Crippen LogP contribution in [-0.4, -0.2) is 42.5 Å². The minimum absolute atomic E-state index is 0.0183. The first kappa shape index (κ1) is 12.3. The molecule has 0 bridgehead atoms. The molecule has 3 N–H and O–H groups in total. The molecular weight excluding hydrogens is 236 g/mol. The highest BCUT2D eigenvalue weighted by atomic mass is 32.1. The molecule has 0 unspecified atom stereocenters. The standard InChI is InChI=1S/C11H18N4OS/c1-15(7-8-3-2-4-13-5-8)10(16)9-6-14-11(12)17-9/h6,8,13H,2-5,7H2,1H3,(H2,12,14)/t8-/m1/s1. The Morgan fingerprint density at radius 1 is 1.76 bits per heavy atom. The van der Waals surface area contributed by atoms with Crippen molar-refractivity contribution in [2.75, 3.05) is 32.4 Å². The van der Waals surface area contributed by atoms with Gasteiger partial charge in [-0.05, 0) is 31.8 Å². The molecule has 1 aliphatic rings. The highest BCUT2D eigenvalue weighted by Gasteiger charge is 2.20. The molecule has 6 heteroatoms. The van der Waals surface area contributed by atoms with E-state index in [-0.39, 0.29) is 5.91 Å². The summed E-state index contributed by atoms with van der Waals surface area (Å²) in [6.07, 6.45) is 3.94. The maximum absolute atomic E-state index is 12.1. The monoisotopic (exact) mass is 254 g/mol. The number of anilines is 1. The Labute approximate surface area is 105 Å². The molecule has 2 heterocycles. The second-order valence-corrected chi connectivity index (χ2v) is 5.52. The Hall–Kier alpha value is -1.14. The van der Waals surface area contributed by atoms with Crippen molar-refractivity contribution in [3.05, 3.63) is 11.1 Å². The second kappa shape index (κ2) is 5.46. The SMILES string of the molecule is CN(C[C@@H]1CCCNC1)C(=O)c1cnc(N)s1. The summed E-state index contributed by atoms with van der Waals surface area (Å²) in [5.41, 5.74) is 5.53. The molecule has 1 fully saturated rings. The lowest BCUT2D eigenvalue weighted by Gasteiger charge is -2.27. The van der Waals surface area contributed by atoms with Gasteiger partial charge in [-0.1, -0.05) is 11.3 Å². The van der Waals surface area contributed by atoms with Crippen LogP contribution in [0.25, 0.3) is 0 Å². The van der Waals surface area contributed by atoms with E-state index >= 15 is 0 Å². The Morgan fingerprint density at radius 3 is 3.18 bits per heavy atom. The van der Waals surface area contributed by atoms with Gasteiger partial charge in [0.25, 0.3) is 5.91 Å². The fourth-order valence-corrected chi connectivity index (χ4v) is 2.80. The molecule has 1 aromatic rings. The molecular formula is C11H18N4OS. The fraction of sp³-hybridized carbons (Fsp3) is 0.636. The predicted molar refractivity (Wildman–Crippen MR) is 69.1 cm³/mol. The lowest BCUT2D eigenvalue weighted by molar-refractivity contribution is 0.0769. The van der Waals surface area contributed by atoms with E-state index in [0.717, 1.165) is 19.6 Å². The Morgan fingerprint density at radius 2 is 2.59 bits per heavy atom. The van der Waals surface area contributed by atoms with Gasteiger partial charge in [-0.25, -0.2) is 4.98 Å². The third-order valence-corrected chi connectivity index (χ3v) is 3.83. The zero-order valence-electron chi connectivity index (χ0n) is 9.98. The summed E-state index contributed by atoms with van der Waals surface area (Å²) in [4.78, 5) is 18.3. The summed E-state index contributed by atoms with van der Waals surface area (Å²) in [6, 6.07) is 0. The summed E-state index contributed by atoms with van der Waals surface area (Å²) >= 11 is 1.25. The van der Waals surface area contributed by atoms with E-state index in [2.05, 4.69) is 10.3 Å². The van der Waals surface area contributed by atoms with Gasteiger partial charge in [-0.15, -0.1) is 0 Å². The van der Waals surface area contributed by atoms with Gasteiger partial charge in [-0.3, -0.25) is 4.79 Å². The zero-order valence-corrected chi connectivity index (χ0v) is 10.8. The van der Waals surface area contributed by atoms with Crippen LogP contribution >= 0.6 is 11.3 Å². The summed E-state index contributed by atoms with van der Waals surface area (Å²) in [6.45, 7) is 2.89. The van der Waals surface area contributed by atoms with Gasteiger partial charge in [0.1, 0.15) is 4.88 Å². The van der Waals surface area contributed by atoms with Gasteiger partial charge >= 0.3 is 0 Å². The number of nitrogens with two attached hydrogens (primary N) is 1. The third kappa shape index (κ3) is 3.17. The van der Waals surface area contributed by atoms with E-state index < -0.39 is 0 Å². The van der Waals surface area contributed by atoms with Crippen LogP contribution in [0.4, 0.5) is 5.13 Å². The zero-order chi connectivity index (χ0) is 12.3. The molecule has 0 spiro atoms. The first-order valence-electron chi connectivity index (χ1n) is 5.84. The number of hydrogen-bond acceptors (Lipinski definition) is 5. The van der Waals surface area contributed by atoms with Crippen molar-refractivity contribution in [1.29, 1.82) is 0 Å². The Bertz CT molecular complexity index is 387. The van der Waals surface area contributed by atoms with E-state index in [1.165, 1.54) is 24.2 Å². The van der Waals surface area contributed by atoms with Crippen molar-refractivity contribution >= 4 is 22.4 Å². The highest BCUT2D eigenvalue weighted by molar-refractivity contribution is 7.17. The molecule has 1 aliphatic heterocycles. The van der Waals surface area contributed by atoms with Crippen LogP contribution in [0.3, 0.4) is 0 Å². The number of carbonyl (C=O) groups excluding carboxylic acids is 1. The lowest BCUT2D eigenvalue weighted by Crippen LogP contribution is -2.38. The third-order valence-electron chi connectivity index (χ3n) is 3.01. The van der Waals surface area contributed by atoms with Crippen molar-refractivity contribution in [3.63, 3.8) is 0 Å². The van der Waals surface area contributed by atoms with Crippen LogP contribution in [0.1, 0.15) is 22.5 Å². The normalized spacial score (nSPS) is 20.2. The van der Waals surface area contributed by atoms with Gasteiger partial charge in [0.15, 0.2) is 5.13 Å². The molecule has 0 aliphatic carbocycles. The number of nitrogens with zero attached hydrogens (tertiary/aromatic N) is 2. The molecule has 0 saturated carbocycles. The average molecular weight is 254 g/mol. The van der Waals surface area contributed by atoms with Gasteiger partial charge in [0.05, 0.1) is 6.20 Å². The second-order valence-electron chi connectivity index (χ2n) is 4.46. The quantitative estimate of drug-likeness (QED) is 0.837. The van der Waals surface area contributed by atoms with Crippen molar-refractivity contribution in [3.8, 4) is 0 Å². The summed E-state index contributed by atoms with van der Waals surface area (Å²) < 4.78 is 0. The molecule has 0 aromatic carbocycles. The van der Waals surface area contributed by atoms with E-state index in [4.69, 9.17) is 5.73 Å². The first-order chi connectivity index (χ1) is 8.16. The van der Waals surface area contributed by atoms with Crippen molar-refractivity contribution in [2.45, 2.75) is 12.8 Å². The Kier molecular flexibility index (Phi) is 3.96. The minimum atomic E-state index is 0.0183. The summed E-state index contributed by atoms with van der Waals surface area (Å²) in [5, 5.41) is 3.80. The number of amides is 1. The van der Waals surface area contributed by atoms with Crippen molar-refractivity contribution in [2.24, 2.45) is 5.92 Å². The van der Waals surface area contributed by atoms with Crippen molar-refractivity contribution < 1.29 is 4.79 Å². The smallest absolute Gasteiger partial charge is 0.265 e. The maximum atomic E-state index is 12.1. The molecule has 1 amide bonds. The number of nitrogen functional groups attached to an aromatic ring is 1. The number of aromatic nitrogens is 1. The van der Waals surface area contributed by atoms with Crippen LogP contribution in [0.5, 0.6) is 0 Å². The predicted octanol–water partition coefficient (Wildman–Crippen LogP) is 0.797. The number of rotatable bonds is 3. The van der Waals surface area contributed by atoms with E-state index in [1.54, 1.807) is 11.1 Å². The molecule has 17 heavy (non-hydrogen) atoms. The topological polar surface area (TPSA) is 71.2 Å². The van der Waals surface area contributed by atoms with Crippen LogP contribution in [0.15, 0.2) is 6.20 Å². The lowest BCUT2D eigenvalue weighted by atomic mass is 9.99. The molecule has 1 saturated heterocycles. The number of hydrogen-bond donors (Lipinski definition) is 2. The molecule has 2 rings (SSSR count). The Balaban J connectivity index is 1.90. The molecule has 0 radical (unpaired) electrons. The largest absolute Gasteiger partial charge is 0.375 e. The number of nitrogens with one attached hydrogen (secondary N) is 1. The molecule has 1 atom stereocenters. The average Bonchev–Trinajstić information content (AvgIpc) is 2.76. The van der Waals surface area contributed by atoms with E-state index in [1.807, 2.05) is 7.05 Å². The summed E-state index contributed by atoms with van der Waals surface area (Å²) in [7, 11) is 1.84. The van der Waals surface area contributed by atoms with Gasteiger partial charge in [0.2, 0.25) is 0 Å². The molecule has 1 aromatic heterocycles. The maximum Gasteiger partial charge on any atom is 0.265 e. The van der Waals surface area contributed by atoms with Crippen LogP contribution in [0.2, 0.25) is 0 Å². The number of thiazole rings is 1. The molecule has 5 nitrogen and oxygen atoms in total. The van der Waals surface area contributed by atoms with Crippen molar-refractivity contribution in [1.82, 2.24) is 15.2 Å². The van der Waals surface area contributed by atoms with Gasteiger partial charge in [-0.2, -0.15) is 0 Å². The summed E-state index contributed by atoms with van der Waals surface area (Å²) in [5.74, 6) is 0.577. The number of carbonyl (C=O) groups is 1. The highest BCUT2D eigenvalue weighted by Crippen LogP contribution is 2.18. The number of piperidine rings is 1. The molecule has 94 valence electrons.